The molecule has 4 rings (SSSR count). The number of nitrogens with one attached hydrogen (secondary N) is 2. The zero-order valence-electron chi connectivity index (χ0n) is 17.2. The molecule has 1 aromatic rings. The van der Waals surface area contributed by atoms with E-state index < -0.39 is 26.0 Å². The van der Waals surface area contributed by atoms with E-state index >= 15 is 0 Å². The molecule has 1 amide bonds. The van der Waals surface area contributed by atoms with Crippen molar-refractivity contribution in [2.75, 3.05) is 30.4 Å². The Morgan fingerprint density at radius 2 is 2.00 bits per heavy atom. The summed E-state index contributed by atoms with van der Waals surface area (Å²) in [6.07, 6.45) is 3.20. The number of hydrogen-bond acceptors (Lipinski definition) is 8. The number of benzene rings is 1. The number of aliphatic hydroxyl groups excluding tert-OH is 1. The van der Waals surface area contributed by atoms with E-state index in [1.54, 1.807) is 19.1 Å². The summed E-state index contributed by atoms with van der Waals surface area (Å²) < 4.78 is 54.6. The Labute approximate surface area is 180 Å². The third kappa shape index (κ3) is 3.77. The van der Waals surface area contributed by atoms with Gasteiger partial charge in [-0.25, -0.2) is 13.4 Å². The summed E-state index contributed by atoms with van der Waals surface area (Å²) in [5.41, 5.74) is 0.0140. The minimum Gasteiger partial charge on any atom is -0.511 e. The van der Waals surface area contributed by atoms with Gasteiger partial charge in [-0.3, -0.25) is 14.5 Å². The second-order valence-corrected chi connectivity index (χ2v) is 11.3. The molecule has 2 atom stereocenters. The predicted molar refractivity (Wildman–Crippen MR) is 114 cm³/mol. The number of carbonyl (C=O) groups excluding carboxylic acids is 1. The van der Waals surface area contributed by atoms with E-state index in [1.807, 2.05) is 0 Å². The van der Waals surface area contributed by atoms with Crippen LogP contribution in [-0.4, -0.2) is 70.1 Å². The number of anilines is 2. The maximum atomic E-state index is 13.2. The highest BCUT2D eigenvalue weighted by Crippen LogP contribution is 2.41. The number of nitrogens with zero attached hydrogens (tertiary/aromatic N) is 3. The average Bonchev–Trinajstić information content (AvgIpc) is 3.10. The van der Waals surface area contributed by atoms with Crippen LogP contribution >= 0.6 is 0 Å². The molecule has 2 heterocycles. The minimum atomic E-state index is -4.26. The first-order chi connectivity index (χ1) is 14.4. The van der Waals surface area contributed by atoms with Crippen molar-refractivity contribution in [1.29, 1.82) is 0 Å². The van der Waals surface area contributed by atoms with Gasteiger partial charge in [-0.1, -0.05) is 6.42 Å². The Balaban J connectivity index is 1.79. The Hall–Kier alpha value is -2.64. The Morgan fingerprint density at radius 3 is 2.65 bits per heavy atom. The van der Waals surface area contributed by atoms with Crippen LogP contribution in [-0.2, 0) is 24.8 Å². The van der Waals surface area contributed by atoms with Gasteiger partial charge in [0.15, 0.2) is 5.84 Å². The fourth-order valence-electron chi connectivity index (χ4n) is 4.36. The molecule has 0 saturated heterocycles. The highest BCUT2D eigenvalue weighted by molar-refractivity contribution is 7.92. The van der Waals surface area contributed by atoms with Crippen molar-refractivity contribution in [1.82, 2.24) is 10.0 Å². The van der Waals surface area contributed by atoms with Crippen LogP contribution in [0.3, 0.4) is 0 Å². The third-order valence-electron chi connectivity index (χ3n) is 5.52. The number of hydrogen-bond donors (Lipinski definition) is 3. The van der Waals surface area contributed by atoms with E-state index in [0.29, 0.717) is 6.42 Å². The summed E-state index contributed by atoms with van der Waals surface area (Å²) in [5.74, 6) is -1.25. The van der Waals surface area contributed by atoms with Gasteiger partial charge in [-0.15, -0.1) is 4.40 Å². The van der Waals surface area contributed by atoms with Crippen molar-refractivity contribution in [3.05, 3.63) is 29.5 Å². The number of rotatable bonds is 4. The smallest absolute Gasteiger partial charge is 0.286 e. The largest absolute Gasteiger partial charge is 0.511 e. The van der Waals surface area contributed by atoms with E-state index in [2.05, 4.69) is 14.4 Å². The van der Waals surface area contributed by atoms with Gasteiger partial charge in [-0.2, -0.15) is 8.42 Å². The molecular formula is C18H23N5O6S2. The molecule has 2 unspecified atom stereocenters. The zero-order valence-corrected chi connectivity index (χ0v) is 18.8. The predicted octanol–water partition coefficient (Wildman–Crippen LogP) is 0.870. The number of fused-ring (bicyclic) bond motifs is 2. The summed E-state index contributed by atoms with van der Waals surface area (Å²) >= 11 is 0. The van der Waals surface area contributed by atoms with Crippen LogP contribution in [0.25, 0.3) is 0 Å². The van der Waals surface area contributed by atoms with Crippen LogP contribution in [0.1, 0.15) is 19.3 Å². The Morgan fingerprint density at radius 1 is 1.29 bits per heavy atom. The molecule has 3 N–H and O–H groups in total. The summed E-state index contributed by atoms with van der Waals surface area (Å²) in [5, 5.41) is 16.9. The SMILES string of the molecule is CN(C)N1C(=O)C(C2=NS(=O)(=O)c3cc(NS(C)(=O)=O)ccc3N2)=C(O)C2CCCC21. The minimum absolute atomic E-state index is 0.0636. The molecule has 1 fully saturated rings. The second-order valence-electron chi connectivity index (χ2n) is 7.99. The van der Waals surface area contributed by atoms with Crippen molar-refractivity contribution in [3.8, 4) is 0 Å². The van der Waals surface area contributed by atoms with Crippen LogP contribution in [0.2, 0.25) is 0 Å². The molecule has 1 aliphatic carbocycles. The standard InChI is InChI=1S/C18H23N5O6S2/c1-22(2)23-13-6-4-5-11(13)16(24)15(18(23)25)17-19-12-8-7-10(20-30(3,26)27)9-14(12)31(28,29)21-17/h7-9,11,13,20,24H,4-6H2,1-3H3,(H,19,21). The molecule has 13 heteroatoms. The first-order valence-corrected chi connectivity index (χ1v) is 12.9. The van der Waals surface area contributed by atoms with Gasteiger partial charge in [0.25, 0.3) is 15.9 Å². The quantitative estimate of drug-likeness (QED) is 0.588. The molecule has 11 nitrogen and oxygen atoms in total. The third-order valence-corrected chi connectivity index (χ3v) is 7.44. The van der Waals surface area contributed by atoms with Gasteiger partial charge in [0.05, 0.1) is 18.0 Å². The number of sulfonamides is 2. The Kier molecular flexibility index (Phi) is 5.02. The monoisotopic (exact) mass is 469 g/mol. The van der Waals surface area contributed by atoms with Crippen molar-refractivity contribution in [2.45, 2.75) is 30.2 Å². The molecule has 0 spiro atoms. The maximum Gasteiger partial charge on any atom is 0.286 e. The van der Waals surface area contributed by atoms with Crippen LogP contribution in [0.15, 0.2) is 38.8 Å². The van der Waals surface area contributed by atoms with Crippen molar-refractivity contribution < 1.29 is 26.7 Å². The average molecular weight is 470 g/mol. The highest BCUT2D eigenvalue weighted by Gasteiger charge is 2.47. The number of carbonyl (C=O) groups is 1. The molecule has 3 aliphatic rings. The lowest BCUT2D eigenvalue weighted by Gasteiger charge is -2.41. The summed E-state index contributed by atoms with van der Waals surface area (Å²) in [4.78, 5) is 13.0. The fourth-order valence-corrected chi connectivity index (χ4v) is 6.06. The first-order valence-electron chi connectivity index (χ1n) is 9.57. The summed E-state index contributed by atoms with van der Waals surface area (Å²) in [6.45, 7) is 0. The molecule has 0 aromatic heterocycles. The topological polar surface area (TPSA) is 148 Å². The molecule has 31 heavy (non-hydrogen) atoms. The molecule has 0 bridgehead atoms. The number of amidine groups is 1. The van der Waals surface area contributed by atoms with Crippen LogP contribution in [0.4, 0.5) is 11.4 Å². The lowest BCUT2D eigenvalue weighted by atomic mass is 9.91. The second kappa shape index (κ2) is 7.21. The van der Waals surface area contributed by atoms with Gasteiger partial charge in [0.2, 0.25) is 10.0 Å². The normalized spacial score (nSPS) is 25.1. The number of aliphatic hydroxyl groups is 1. The lowest BCUT2D eigenvalue weighted by Crippen LogP contribution is -2.55. The van der Waals surface area contributed by atoms with E-state index in [-0.39, 0.29) is 45.4 Å². The molecular weight excluding hydrogens is 446 g/mol. The van der Waals surface area contributed by atoms with Gasteiger partial charge in [-0.05, 0) is 31.0 Å². The van der Waals surface area contributed by atoms with Gasteiger partial charge in [0.1, 0.15) is 16.2 Å². The van der Waals surface area contributed by atoms with Crippen molar-refractivity contribution >= 4 is 43.2 Å². The van der Waals surface area contributed by atoms with E-state index in [1.165, 1.54) is 17.1 Å². The van der Waals surface area contributed by atoms with Crippen LogP contribution < -0.4 is 10.0 Å². The molecule has 168 valence electrons. The summed E-state index contributed by atoms with van der Waals surface area (Å²) in [6, 6.07) is 3.72. The van der Waals surface area contributed by atoms with E-state index in [9.17, 15) is 26.7 Å². The van der Waals surface area contributed by atoms with Crippen LogP contribution in [0.5, 0.6) is 0 Å². The zero-order chi connectivity index (χ0) is 22.7. The van der Waals surface area contributed by atoms with Crippen molar-refractivity contribution in [3.63, 3.8) is 0 Å². The lowest BCUT2D eigenvalue weighted by molar-refractivity contribution is -0.149. The van der Waals surface area contributed by atoms with E-state index in [4.69, 9.17) is 0 Å². The van der Waals surface area contributed by atoms with Gasteiger partial charge >= 0.3 is 0 Å². The number of hydrazine groups is 1. The van der Waals surface area contributed by atoms with Gasteiger partial charge < -0.3 is 10.4 Å². The van der Waals surface area contributed by atoms with Gasteiger partial charge in [0, 0.05) is 25.7 Å². The maximum absolute atomic E-state index is 13.2. The van der Waals surface area contributed by atoms with Crippen molar-refractivity contribution in [2.24, 2.45) is 10.3 Å². The highest BCUT2D eigenvalue weighted by atomic mass is 32.2. The Bertz CT molecular complexity index is 1240. The van der Waals surface area contributed by atoms with E-state index in [0.717, 1.165) is 25.2 Å². The molecule has 1 saturated carbocycles. The number of amides is 1. The fraction of sp³-hybridized carbons (Fsp3) is 0.444. The molecule has 1 aromatic carbocycles. The molecule has 0 radical (unpaired) electrons. The van der Waals surface area contributed by atoms with Crippen LogP contribution in [0, 0.1) is 5.92 Å². The summed E-state index contributed by atoms with van der Waals surface area (Å²) in [7, 11) is -4.44. The first kappa shape index (κ1) is 21.6. The molecule has 2 aliphatic heterocycles.